The second kappa shape index (κ2) is 6.53. The molecule has 1 aromatic heterocycles. The Hall–Kier alpha value is -1.60. The van der Waals surface area contributed by atoms with E-state index in [9.17, 15) is 4.79 Å². The summed E-state index contributed by atoms with van der Waals surface area (Å²) in [5, 5.41) is 11.0. The van der Waals surface area contributed by atoms with Gasteiger partial charge in [-0.05, 0) is 25.3 Å². The maximum Gasteiger partial charge on any atom is 0.261 e. The summed E-state index contributed by atoms with van der Waals surface area (Å²) in [6.07, 6.45) is 1.91. The number of anilines is 1. The maximum absolute atomic E-state index is 12.1. The molecule has 1 N–H and O–H groups in total. The van der Waals surface area contributed by atoms with Gasteiger partial charge in [-0.1, -0.05) is 35.2 Å². The minimum absolute atomic E-state index is 0.243. The molecule has 0 aliphatic heterocycles. The Bertz CT molecular complexity index is 572. The average Bonchev–Trinajstić information content (AvgIpc) is 2.87. The lowest BCUT2D eigenvalue weighted by molar-refractivity contribution is 0.102. The number of hydrogen-bond acceptors (Lipinski definition) is 6. The minimum Gasteiger partial charge on any atom is -0.493 e. The zero-order valence-electron chi connectivity index (χ0n) is 10.5. The van der Waals surface area contributed by atoms with Crippen LogP contribution < -0.4 is 10.1 Å². The summed E-state index contributed by atoms with van der Waals surface area (Å²) >= 11 is 2.84. The summed E-state index contributed by atoms with van der Waals surface area (Å²) in [6.45, 7) is 2.39. The second-order valence-corrected chi connectivity index (χ2v) is 5.49. The Balaban J connectivity index is 2.15. The lowest BCUT2D eigenvalue weighted by Crippen LogP contribution is -2.13. The Morgan fingerprint density at radius 2 is 2.21 bits per heavy atom. The van der Waals surface area contributed by atoms with E-state index in [-0.39, 0.29) is 5.91 Å². The monoisotopic (exact) mass is 295 g/mol. The number of carbonyl (C=O) groups excluding carboxylic acids is 1. The van der Waals surface area contributed by atoms with Crippen LogP contribution in [0.2, 0.25) is 0 Å². The number of nitrogens with zero attached hydrogens (tertiary/aromatic N) is 2. The molecule has 0 aliphatic rings. The molecule has 5 nitrogen and oxygen atoms in total. The van der Waals surface area contributed by atoms with Gasteiger partial charge >= 0.3 is 0 Å². The van der Waals surface area contributed by atoms with E-state index in [0.717, 1.165) is 4.34 Å². The molecule has 1 heterocycles. The summed E-state index contributed by atoms with van der Waals surface area (Å²) < 4.78 is 6.24. The van der Waals surface area contributed by atoms with Gasteiger partial charge in [-0.25, -0.2) is 0 Å². The molecule has 100 valence electrons. The van der Waals surface area contributed by atoms with Gasteiger partial charge in [0.05, 0.1) is 12.2 Å². The van der Waals surface area contributed by atoms with E-state index in [2.05, 4.69) is 15.5 Å². The van der Waals surface area contributed by atoms with Crippen molar-refractivity contribution in [1.29, 1.82) is 0 Å². The van der Waals surface area contributed by atoms with Crippen molar-refractivity contribution in [2.24, 2.45) is 0 Å². The molecule has 0 aliphatic carbocycles. The van der Waals surface area contributed by atoms with Crippen molar-refractivity contribution in [2.45, 2.75) is 11.3 Å². The SMILES string of the molecule is CCOc1ccccc1C(=O)Nc1nnc(SC)s1. The van der Waals surface area contributed by atoms with Crippen molar-refractivity contribution >= 4 is 34.1 Å². The van der Waals surface area contributed by atoms with Crippen LogP contribution in [0.3, 0.4) is 0 Å². The first-order valence-corrected chi connectivity index (χ1v) is 7.69. The fourth-order valence-corrected chi connectivity index (χ4v) is 2.61. The van der Waals surface area contributed by atoms with E-state index in [4.69, 9.17) is 4.74 Å². The highest BCUT2D eigenvalue weighted by atomic mass is 32.2. The van der Waals surface area contributed by atoms with Gasteiger partial charge in [0.25, 0.3) is 5.91 Å². The first-order valence-electron chi connectivity index (χ1n) is 5.65. The third-order valence-electron chi connectivity index (χ3n) is 2.23. The average molecular weight is 295 g/mol. The molecule has 2 aromatic rings. The van der Waals surface area contributed by atoms with E-state index in [1.165, 1.54) is 23.1 Å². The first kappa shape index (κ1) is 13.8. The first-order chi connectivity index (χ1) is 9.24. The van der Waals surface area contributed by atoms with Crippen molar-refractivity contribution in [2.75, 3.05) is 18.2 Å². The number of hydrogen-bond donors (Lipinski definition) is 1. The molecule has 19 heavy (non-hydrogen) atoms. The largest absolute Gasteiger partial charge is 0.493 e. The summed E-state index contributed by atoms with van der Waals surface area (Å²) in [5.74, 6) is 0.324. The third kappa shape index (κ3) is 3.45. The van der Waals surface area contributed by atoms with Crippen LogP contribution in [0.4, 0.5) is 5.13 Å². The predicted octanol–water partition coefficient (Wildman–Crippen LogP) is 2.91. The molecule has 1 aromatic carbocycles. The van der Waals surface area contributed by atoms with Gasteiger partial charge in [-0.15, -0.1) is 10.2 Å². The summed E-state index contributed by atoms with van der Waals surface area (Å²) in [6, 6.07) is 7.12. The van der Waals surface area contributed by atoms with Crippen molar-refractivity contribution < 1.29 is 9.53 Å². The number of benzene rings is 1. The van der Waals surface area contributed by atoms with Crippen LogP contribution in [0, 0.1) is 0 Å². The number of nitrogens with one attached hydrogen (secondary N) is 1. The molecule has 0 saturated heterocycles. The highest BCUT2D eigenvalue weighted by molar-refractivity contribution is 8.00. The molecular weight excluding hydrogens is 282 g/mol. The summed E-state index contributed by atoms with van der Waals surface area (Å²) in [4.78, 5) is 12.1. The maximum atomic E-state index is 12.1. The molecule has 0 spiro atoms. The number of thioether (sulfide) groups is 1. The fourth-order valence-electron chi connectivity index (χ4n) is 1.44. The van der Waals surface area contributed by atoms with E-state index >= 15 is 0 Å². The molecule has 7 heteroatoms. The van der Waals surface area contributed by atoms with Gasteiger partial charge in [0, 0.05) is 0 Å². The summed E-state index contributed by atoms with van der Waals surface area (Å²) in [5.41, 5.74) is 0.491. The van der Waals surface area contributed by atoms with Gasteiger partial charge in [-0.3, -0.25) is 10.1 Å². The zero-order valence-corrected chi connectivity index (χ0v) is 12.2. The fraction of sp³-hybridized carbons (Fsp3) is 0.250. The van der Waals surface area contributed by atoms with Gasteiger partial charge < -0.3 is 4.74 Å². The van der Waals surface area contributed by atoms with Crippen LogP contribution >= 0.6 is 23.1 Å². The van der Waals surface area contributed by atoms with Gasteiger partial charge in [-0.2, -0.15) is 0 Å². The number of aromatic nitrogens is 2. The van der Waals surface area contributed by atoms with E-state index in [1.807, 2.05) is 19.2 Å². The predicted molar refractivity (Wildman–Crippen MR) is 77.3 cm³/mol. The van der Waals surface area contributed by atoms with Crippen molar-refractivity contribution in [3.63, 3.8) is 0 Å². The Morgan fingerprint density at radius 1 is 1.42 bits per heavy atom. The van der Waals surface area contributed by atoms with Crippen molar-refractivity contribution in [1.82, 2.24) is 10.2 Å². The summed E-state index contributed by atoms with van der Waals surface area (Å²) in [7, 11) is 0. The van der Waals surface area contributed by atoms with E-state index < -0.39 is 0 Å². The van der Waals surface area contributed by atoms with Crippen LogP contribution in [0.25, 0.3) is 0 Å². The molecule has 1 amide bonds. The molecule has 0 atom stereocenters. The number of rotatable bonds is 5. The Kier molecular flexibility index (Phi) is 4.75. The zero-order chi connectivity index (χ0) is 13.7. The van der Waals surface area contributed by atoms with Crippen LogP contribution in [0.15, 0.2) is 28.6 Å². The third-order valence-corrected chi connectivity index (χ3v) is 4.05. The Labute approximate surface area is 119 Å². The van der Waals surface area contributed by atoms with E-state index in [1.54, 1.807) is 18.2 Å². The van der Waals surface area contributed by atoms with Gasteiger partial charge in [0.15, 0.2) is 4.34 Å². The van der Waals surface area contributed by atoms with Gasteiger partial charge in [0.2, 0.25) is 5.13 Å². The number of ether oxygens (including phenoxy) is 1. The number of carbonyl (C=O) groups is 1. The molecule has 0 saturated carbocycles. The molecule has 0 unspecified atom stereocenters. The smallest absolute Gasteiger partial charge is 0.261 e. The lowest BCUT2D eigenvalue weighted by atomic mass is 10.2. The highest BCUT2D eigenvalue weighted by Crippen LogP contribution is 2.25. The lowest BCUT2D eigenvalue weighted by Gasteiger charge is -2.08. The normalized spacial score (nSPS) is 10.2. The quantitative estimate of drug-likeness (QED) is 0.678. The number of amides is 1. The Morgan fingerprint density at radius 3 is 2.89 bits per heavy atom. The molecule has 0 fully saturated rings. The highest BCUT2D eigenvalue weighted by Gasteiger charge is 2.14. The molecule has 0 radical (unpaired) electrons. The molecular formula is C12H13N3O2S2. The van der Waals surface area contributed by atoms with Crippen LogP contribution in [-0.2, 0) is 0 Å². The minimum atomic E-state index is -0.243. The second-order valence-electron chi connectivity index (χ2n) is 3.46. The van der Waals surface area contributed by atoms with E-state index in [0.29, 0.717) is 23.1 Å². The van der Waals surface area contributed by atoms with Crippen molar-refractivity contribution in [3.05, 3.63) is 29.8 Å². The standard InChI is InChI=1S/C12H13N3O2S2/c1-3-17-9-7-5-4-6-8(9)10(16)13-11-14-15-12(18-2)19-11/h4-7H,3H2,1-2H3,(H,13,14,16). The topological polar surface area (TPSA) is 64.1 Å². The number of para-hydroxylation sites is 1. The molecule has 2 rings (SSSR count). The van der Waals surface area contributed by atoms with Crippen LogP contribution in [0.1, 0.15) is 17.3 Å². The molecule has 0 bridgehead atoms. The van der Waals surface area contributed by atoms with Crippen LogP contribution in [-0.4, -0.2) is 29.0 Å². The van der Waals surface area contributed by atoms with Crippen molar-refractivity contribution in [3.8, 4) is 5.75 Å². The van der Waals surface area contributed by atoms with Gasteiger partial charge in [0.1, 0.15) is 5.75 Å². The van der Waals surface area contributed by atoms with Crippen LogP contribution in [0.5, 0.6) is 5.75 Å².